The molecule has 0 aromatic heterocycles. The monoisotopic (exact) mass is 404 g/mol. The predicted molar refractivity (Wildman–Crippen MR) is 85.9 cm³/mol. The summed E-state index contributed by atoms with van der Waals surface area (Å²) in [7, 11) is 0. The third-order valence-electron chi connectivity index (χ3n) is 3.20. The molecular weight excluding hydrogens is 388 g/mol. The van der Waals surface area contributed by atoms with Crippen molar-refractivity contribution in [2.24, 2.45) is 0 Å². The Kier molecular flexibility index (Phi) is 5.86. The minimum Gasteiger partial charge on any atom is -0.492 e. The van der Waals surface area contributed by atoms with E-state index in [4.69, 9.17) is 4.74 Å². The van der Waals surface area contributed by atoms with Crippen molar-refractivity contribution in [2.45, 2.75) is 32.4 Å². The maximum atomic E-state index is 11.7. The van der Waals surface area contributed by atoms with Gasteiger partial charge in [0.25, 0.3) is 0 Å². The lowest BCUT2D eigenvalue weighted by Crippen LogP contribution is -2.47. The second kappa shape index (κ2) is 7.43. The second-order valence-electron chi connectivity index (χ2n) is 4.68. The molecule has 2 rings (SSSR count). The van der Waals surface area contributed by atoms with Gasteiger partial charge in [-0.15, -0.1) is 0 Å². The summed E-state index contributed by atoms with van der Waals surface area (Å²) in [4.78, 5) is 11.7. The molecule has 1 amide bonds. The van der Waals surface area contributed by atoms with Gasteiger partial charge < -0.3 is 15.4 Å². The molecule has 1 saturated heterocycles. The molecule has 1 unspecified atom stereocenters. The van der Waals surface area contributed by atoms with Gasteiger partial charge in [0.05, 0.1) is 17.1 Å². The van der Waals surface area contributed by atoms with Crippen molar-refractivity contribution < 1.29 is 9.53 Å². The number of nitrogens with one attached hydrogen (secondary N) is 2. The van der Waals surface area contributed by atoms with Crippen LogP contribution in [0.15, 0.2) is 21.1 Å². The summed E-state index contributed by atoms with van der Waals surface area (Å²) in [6.45, 7) is 3.95. The highest BCUT2D eigenvalue weighted by Crippen LogP contribution is 2.33. The summed E-state index contributed by atoms with van der Waals surface area (Å²) >= 11 is 7.00. The Morgan fingerprint density at radius 1 is 1.45 bits per heavy atom. The Morgan fingerprint density at radius 3 is 2.95 bits per heavy atom. The maximum Gasteiger partial charge on any atom is 0.237 e. The largest absolute Gasteiger partial charge is 0.492 e. The van der Waals surface area contributed by atoms with E-state index in [9.17, 15) is 4.79 Å². The fourth-order valence-corrected chi connectivity index (χ4v) is 3.68. The number of benzene rings is 1. The van der Waals surface area contributed by atoms with E-state index in [2.05, 4.69) is 42.5 Å². The SMILES string of the molecule is CCOc1c(Br)cc(Br)cc1CNC1CCCNC1=O. The first-order valence-electron chi connectivity index (χ1n) is 6.73. The Hall–Kier alpha value is -0.590. The van der Waals surface area contributed by atoms with Crippen molar-refractivity contribution in [3.05, 3.63) is 26.6 Å². The van der Waals surface area contributed by atoms with E-state index < -0.39 is 0 Å². The summed E-state index contributed by atoms with van der Waals surface area (Å²) in [6.07, 6.45) is 1.90. The van der Waals surface area contributed by atoms with Crippen molar-refractivity contribution in [3.63, 3.8) is 0 Å². The van der Waals surface area contributed by atoms with Crippen LogP contribution >= 0.6 is 31.9 Å². The van der Waals surface area contributed by atoms with Crippen LogP contribution in [-0.4, -0.2) is 25.1 Å². The van der Waals surface area contributed by atoms with Crippen molar-refractivity contribution in [3.8, 4) is 5.75 Å². The first-order valence-corrected chi connectivity index (χ1v) is 8.32. The van der Waals surface area contributed by atoms with E-state index in [0.29, 0.717) is 13.2 Å². The summed E-state index contributed by atoms with van der Waals surface area (Å²) in [5.74, 6) is 0.919. The molecule has 0 spiro atoms. The van der Waals surface area contributed by atoms with Gasteiger partial charge in [-0.2, -0.15) is 0 Å². The molecule has 0 bridgehead atoms. The average molecular weight is 406 g/mol. The first-order chi connectivity index (χ1) is 9.61. The summed E-state index contributed by atoms with van der Waals surface area (Å²) < 4.78 is 7.58. The van der Waals surface area contributed by atoms with E-state index >= 15 is 0 Å². The molecule has 20 heavy (non-hydrogen) atoms. The highest BCUT2D eigenvalue weighted by Gasteiger charge is 2.21. The molecule has 1 heterocycles. The zero-order valence-electron chi connectivity index (χ0n) is 11.3. The minimum absolute atomic E-state index is 0.0864. The number of rotatable bonds is 5. The topological polar surface area (TPSA) is 50.4 Å². The molecule has 1 aromatic rings. The highest BCUT2D eigenvalue weighted by molar-refractivity contribution is 9.11. The van der Waals surface area contributed by atoms with Gasteiger partial charge in [-0.1, -0.05) is 15.9 Å². The molecule has 0 radical (unpaired) electrons. The van der Waals surface area contributed by atoms with Gasteiger partial charge in [-0.05, 0) is 47.8 Å². The van der Waals surface area contributed by atoms with Gasteiger partial charge in [-0.3, -0.25) is 4.79 Å². The molecule has 0 saturated carbocycles. The van der Waals surface area contributed by atoms with Gasteiger partial charge in [-0.25, -0.2) is 0 Å². The highest BCUT2D eigenvalue weighted by atomic mass is 79.9. The molecule has 2 N–H and O–H groups in total. The second-order valence-corrected chi connectivity index (χ2v) is 6.45. The number of halogens is 2. The number of ether oxygens (including phenoxy) is 1. The Bertz CT molecular complexity index is 494. The Balaban J connectivity index is 2.09. The number of amides is 1. The van der Waals surface area contributed by atoms with Gasteiger partial charge in [0, 0.05) is 23.1 Å². The van der Waals surface area contributed by atoms with Gasteiger partial charge in [0.15, 0.2) is 0 Å². The molecular formula is C14H18Br2N2O2. The Morgan fingerprint density at radius 2 is 2.25 bits per heavy atom. The zero-order valence-corrected chi connectivity index (χ0v) is 14.5. The Labute approximate surface area is 135 Å². The van der Waals surface area contributed by atoms with E-state index in [-0.39, 0.29) is 11.9 Å². The summed E-state index contributed by atoms with van der Waals surface area (Å²) in [5.41, 5.74) is 1.03. The number of carbonyl (C=O) groups is 1. The van der Waals surface area contributed by atoms with Crippen molar-refractivity contribution in [2.75, 3.05) is 13.2 Å². The third-order valence-corrected chi connectivity index (χ3v) is 4.25. The van der Waals surface area contributed by atoms with Crippen LogP contribution in [0.1, 0.15) is 25.3 Å². The van der Waals surface area contributed by atoms with E-state index in [1.807, 2.05) is 19.1 Å². The van der Waals surface area contributed by atoms with Crippen molar-refractivity contribution in [1.29, 1.82) is 0 Å². The number of hydrogen-bond acceptors (Lipinski definition) is 3. The average Bonchev–Trinajstić information content (AvgIpc) is 2.41. The van der Waals surface area contributed by atoms with E-state index in [1.165, 1.54) is 0 Å². The van der Waals surface area contributed by atoms with Crippen LogP contribution in [0.4, 0.5) is 0 Å². The molecule has 1 aromatic carbocycles. The van der Waals surface area contributed by atoms with Crippen molar-refractivity contribution in [1.82, 2.24) is 10.6 Å². The molecule has 0 aliphatic carbocycles. The van der Waals surface area contributed by atoms with Crippen molar-refractivity contribution >= 4 is 37.8 Å². The fourth-order valence-electron chi connectivity index (χ4n) is 2.25. The molecule has 1 aliphatic rings. The van der Waals surface area contributed by atoms with Crippen LogP contribution in [0.5, 0.6) is 5.75 Å². The number of hydrogen-bond donors (Lipinski definition) is 2. The summed E-state index contributed by atoms with van der Waals surface area (Å²) in [6, 6.07) is 3.86. The molecule has 1 aliphatic heterocycles. The van der Waals surface area contributed by atoms with Gasteiger partial charge in [0.1, 0.15) is 5.75 Å². The third kappa shape index (κ3) is 3.96. The van der Waals surface area contributed by atoms with Crippen LogP contribution in [0.3, 0.4) is 0 Å². The molecule has 110 valence electrons. The van der Waals surface area contributed by atoms with Crippen LogP contribution in [-0.2, 0) is 11.3 Å². The predicted octanol–water partition coefficient (Wildman–Crippen LogP) is 2.98. The minimum atomic E-state index is -0.115. The number of carbonyl (C=O) groups excluding carboxylic acids is 1. The molecule has 1 atom stereocenters. The number of piperidine rings is 1. The molecule has 1 fully saturated rings. The molecule has 6 heteroatoms. The standard InChI is InChI=1S/C14H18Br2N2O2/c1-2-20-13-9(6-10(15)7-11(13)16)8-18-12-4-3-5-17-14(12)19/h6-7,12,18H,2-5,8H2,1H3,(H,17,19). The lowest BCUT2D eigenvalue weighted by molar-refractivity contribution is -0.124. The zero-order chi connectivity index (χ0) is 14.5. The van der Waals surface area contributed by atoms with E-state index in [0.717, 1.165) is 39.6 Å². The quantitative estimate of drug-likeness (QED) is 0.791. The lowest BCUT2D eigenvalue weighted by atomic mass is 10.1. The lowest BCUT2D eigenvalue weighted by Gasteiger charge is -2.23. The fraction of sp³-hybridized carbons (Fsp3) is 0.500. The van der Waals surface area contributed by atoms with E-state index in [1.54, 1.807) is 0 Å². The smallest absolute Gasteiger partial charge is 0.237 e. The van der Waals surface area contributed by atoms with Crippen LogP contribution in [0.25, 0.3) is 0 Å². The van der Waals surface area contributed by atoms with Gasteiger partial charge in [0.2, 0.25) is 5.91 Å². The molecule has 4 nitrogen and oxygen atoms in total. The van der Waals surface area contributed by atoms with Crippen LogP contribution < -0.4 is 15.4 Å². The first kappa shape index (κ1) is 15.8. The normalized spacial score (nSPS) is 18.8. The van der Waals surface area contributed by atoms with Crippen LogP contribution in [0, 0.1) is 0 Å². The van der Waals surface area contributed by atoms with Crippen LogP contribution in [0.2, 0.25) is 0 Å². The maximum absolute atomic E-state index is 11.7. The van der Waals surface area contributed by atoms with Gasteiger partial charge >= 0.3 is 0 Å². The summed E-state index contributed by atoms with van der Waals surface area (Å²) in [5, 5.41) is 6.19.